The molecule has 0 radical (unpaired) electrons. The van der Waals surface area contributed by atoms with Gasteiger partial charge in [-0.3, -0.25) is 4.79 Å². The van der Waals surface area contributed by atoms with Crippen LogP contribution in [0.25, 0.3) is 11.0 Å². The maximum Gasteiger partial charge on any atom is 0.323 e. The van der Waals surface area contributed by atoms with Gasteiger partial charge in [0, 0.05) is 17.4 Å². The second-order valence-corrected chi connectivity index (χ2v) is 6.53. The largest absolute Gasteiger partial charge is 0.359 e. The first-order valence-corrected chi connectivity index (χ1v) is 8.46. The number of anilines is 2. The summed E-state index contributed by atoms with van der Waals surface area (Å²) in [4.78, 5) is 31.4. The lowest BCUT2D eigenvalue weighted by Gasteiger charge is -2.36. The molecule has 0 spiro atoms. The van der Waals surface area contributed by atoms with Crippen molar-refractivity contribution in [2.45, 2.75) is 25.8 Å². The number of aromatic nitrogens is 2. The number of H-pyrrole nitrogens is 2. The number of carbonyl (C=O) groups excluding carboxylic acids is 1. The number of aromatic amines is 2. The van der Waals surface area contributed by atoms with Crippen molar-refractivity contribution >= 4 is 28.3 Å². The van der Waals surface area contributed by atoms with Crippen molar-refractivity contribution in [3.8, 4) is 0 Å². The van der Waals surface area contributed by atoms with Gasteiger partial charge in [0.25, 0.3) is 0 Å². The Morgan fingerprint density at radius 3 is 2.88 bits per heavy atom. The van der Waals surface area contributed by atoms with Gasteiger partial charge in [0.1, 0.15) is 0 Å². The molecule has 1 amide bonds. The van der Waals surface area contributed by atoms with E-state index in [1.54, 1.807) is 18.2 Å². The van der Waals surface area contributed by atoms with Crippen molar-refractivity contribution in [2.24, 2.45) is 0 Å². The van der Waals surface area contributed by atoms with Gasteiger partial charge in [0.05, 0.1) is 17.6 Å². The van der Waals surface area contributed by atoms with Crippen molar-refractivity contribution < 1.29 is 4.79 Å². The Morgan fingerprint density at radius 2 is 2.00 bits per heavy atom. The van der Waals surface area contributed by atoms with Crippen LogP contribution in [-0.4, -0.2) is 28.5 Å². The van der Waals surface area contributed by atoms with Crippen LogP contribution < -0.4 is 15.9 Å². The maximum atomic E-state index is 12.5. The van der Waals surface area contributed by atoms with Crippen LogP contribution in [0, 0.1) is 0 Å². The Hall–Kier alpha value is -3.02. The number of hydrogen-bond donors (Lipinski definition) is 3. The first kappa shape index (κ1) is 15.5. The standard InChI is InChI=1S/C19H20N4O2/c1-12-6-7-13-4-2-3-5-17(13)23(12)11-18(24)20-14-8-9-15-16(10-14)22-19(25)21-15/h2-5,8-10,12H,6-7,11H2,1H3,(H,20,24)(H2,21,22,25). The molecule has 2 aromatic carbocycles. The fraction of sp³-hybridized carbons (Fsp3) is 0.263. The first-order valence-electron chi connectivity index (χ1n) is 8.46. The number of nitrogens with one attached hydrogen (secondary N) is 3. The third-order valence-electron chi connectivity index (χ3n) is 4.78. The van der Waals surface area contributed by atoms with Gasteiger partial charge >= 0.3 is 5.69 Å². The predicted molar refractivity (Wildman–Crippen MR) is 99.1 cm³/mol. The van der Waals surface area contributed by atoms with E-state index in [2.05, 4.69) is 39.2 Å². The Balaban J connectivity index is 1.52. The van der Waals surface area contributed by atoms with E-state index in [0.717, 1.165) is 24.0 Å². The highest BCUT2D eigenvalue weighted by Gasteiger charge is 2.24. The SMILES string of the molecule is CC1CCc2ccccc2N1CC(=O)Nc1ccc2[nH]c(=O)[nH]c2c1. The van der Waals surface area contributed by atoms with Gasteiger partial charge in [-0.05, 0) is 49.6 Å². The van der Waals surface area contributed by atoms with Crippen LogP contribution in [-0.2, 0) is 11.2 Å². The van der Waals surface area contributed by atoms with Gasteiger partial charge in [0.2, 0.25) is 5.91 Å². The van der Waals surface area contributed by atoms with Gasteiger partial charge < -0.3 is 20.2 Å². The molecule has 0 aliphatic carbocycles. The van der Waals surface area contributed by atoms with Crippen molar-refractivity contribution in [3.63, 3.8) is 0 Å². The van der Waals surface area contributed by atoms with Crippen molar-refractivity contribution in [1.29, 1.82) is 0 Å². The van der Waals surface area contributed by atoms with Crippen LogP contribution in [0.2, 0.25) is 0 Å². The number of fused-ring (bicyclic) bond motifs is 2. The molecule has 1 aromatic heterocycles. The van der Waals surface area contributed by atoms with E-state index in [-0.39, 0.29) is 11.6 Å². The van der Waals surface area contributed by atoms with Gasteiger partial charge in [-0.25, -0.2) is 4.79 Å². The van der Waals surface area contributed by atoms with E-state index < -0.39 is 0 Å². The molecular formula is C19H20N4O2. The Labute approximate surface area is 144 Å². The average molecular weight is 336 g/mol. The summed E-state index contributed by atoms with van der Waals surface area (Å²) in [6.07, 6.45) is 2.09. The number of hydrogen-bond acceptors (Lipinski definition) is 3. The van der Waals surface area contributed by atoms with Crippen LogP contribution in [0.5, 0.6) is 0 Å². The van der Waals surface area contributed by atoms with Crippen molar-refractivity contribution in [2.75, 3.05) is 16.8 Å². The smallest absolute Gasteiger partial charge is 0.323 e. The number of imidazole rings is 1. The molecule has 3 aromatic rings. The minimum Gasteiger partial charge on any atom is -0.359 e. The second-order valence-electron chi connectivity index (χ2n) is 6.53. The summed E-state index contributed by atoms with van der Waals surface area (Å²) < 4.78 is 0. The van der Waals surface area contributed by atoms with E-state index in [9.17, 15) is 9.59 Å². The molecule has 1 aliphatic heterocycles. The molecule has 0 bridgehead atoms. The molecule has 4 rings (SSSR count). The lowest BCUT2D eigenvalue weighted by atomic mass is 9.96. The minimum atomic E-state index is -0.253. The highest BCUT2D eigenvalue weighted by Crippen LogP contribution is 2.30. The number of aryl methyl sites for hydroxylation is 1. The van der Waals surface area contributed by atoms with Gasteiger partial charge in [-0.15, -0.1) is 0 Å². The fourth-order valence-corrected chi connectivity index (χ4v) is 3.47. The molecular weight excluding hydrogens is 316 g/mol. The number of amides is 1. The van der Waals surface area contributed by atoms with Crippen LogP contribution in [0.4, 0.5) is 11.4 Å². The van der Waals surface area contributed by atoms with Crippen LogP contribution in [0.15, 0.2) is 47.3 Å². The highest BCUT2D eigenvalue weighted by molar-refractivity contribution is 5.96. The zero-order valence-electron chi connectivity index (χ0n) is 14.0. The van der Waals surface area contributed by atoms with Crippen LogP contribution >= 0.6 is 0 Å². The monoisotopic (exact) mass is 336 g/mol. The number of carbonyl (C=O) groups is 1. The predicted octanol–water partition coefficient (Wildman–Crippen LogP) is 2.64. The molecule has 3 N–H and O–H groups in total. The van der Waals surface area contributed by atoms with Crippen LogP contribution in [0.1, 0.15) is 18.9 Å². The molecule has 128 valence electrons. The molecule has 0 fully saturated rings. The zero-order valence-corrected chi connectivity index (χ0v) is 14.0. The molecule has 6 heteroatoms. The van der Waals surface area contributed by atoms with E-state index >= 15 is 0 Å². The van der Waals surface area contributed by atoms with Crippen molar-refractivity contribution in [3.05, 3.63) is 58.5 Å². The van der Waals surface area contributed by atoms with Crippen molar-refractivity contribution in [1.82, 2.24) is 9.97 Å². The third-order valence-corrected chi connectivity index (χ3v) is 4.78. The molecule has 6 nitrogen and oxygen atoms in total. The summed E-state index contributed by atoms with van der Waals surface area (Å²) in [7, 11) is 0. The number of benzene rings is 2. The van der Waals surface area contributed by atoms with Gasteiger partial charge in [0.15, 0.2) is 0 Å². The quantitative estimate of drug-likeness (QED) is 0.688. The van der Waals surface area contributed by atoms with E-state index in [1.807, 2.05) is 12.1 Å². The molecule has 1 unspecified atom stereocenters. The van der Waals surface area contributed by atoms with Crippen LogP contribution in [0.3, 0.4) is 0 Å². The van der Waals surface area contributed by atoms with E-state index in [1.165, 1.54) is 5.56 Å². The zero-order chi connectivity index (χ0) is 17.4. The Kier molecular flexibility index (Phi) is 3.80. The van der Waals surface area contributed by atoms with Gasteiger partial charge in [-0.1, -0.05) is 18.2 Å². The number of rotatable bonds is 3. The molecule has 0 saturated carbocycles. The summed E-state index contributed by atoms with van der Waals surface area (Å²) in [6.45, 7) is 2.46. The normalized spacial score (nSPS) is 16.7. The lowest BCUT2D eigenvalue weighted by molar-refractivity contribution is -0.115. The van der Waals surface area contributed by atoms with E-state index in [0.29, 0.717) is 23.8 Å². The summed E-state index contributed by atoms with van der Waals surface area (Å²) in [5.74, 6) is -0.0687. The Bertz CT molecular complexity index is 988. The minimum absolute atomic E-state index is 0.0687. The molecule has 0 saturated heterocycles. The lowest BCUT2D eigenvalue weighted by Crippen LogP contribution is -2.42. The number of nitrogens with zero attached hydrogens (tertiary/aromatic N) is 1. The molecule has 1 atom stereocenters. The highest BCUT2D eigenvalue weighted by atomic mass is 16.2. The first-order chi connectivity index (χ1) is 12.1. The average Bonchev–Trinajstić information content (AvgIpc) is 2.97. The fourth-order valence-electron chi connectivity index (χ4n) is 3.47. The summed E-state index contributed by atoms with van der Waals surface area (Å²) in [6, 6.07) is 13.9. The summed E-state index contributed by atoms with van der Waals surface area (Å²) in [5, 5.41) is 2.93. The number of para-hydroxylation sites is 1. The molecule has 2 heterocycles. The van der Waals surface area contributed by atoms with Gasteiger partial charge in [-0.2, -0.15) is 0 Å². The third kappa shape index (κ3) is 3.03. The maximum absolute atomic E-state index is 12.5. The topological polar surface area (TPSA) is 81.0 Å². The summed E-state index contributed by atoms with van der Waals surface area (Å²) >= 11 is 0. The second kappa shape index (κ2) is 6.12. The molecule has 1 aliphatic rings. The Morgan fingerprint density at radius 1 is 1.20 bits per heavy atom. The van der Waals surface area contributed by atoms with E-state index in [4.69, 9.17) is 0 Å². The summed E-state index contributed by atoms with van der Waals surface area (Å²) in [5.41, 5.74) is 4.26. The molecule has 25 heavy (non-hydrogen) atoms.